The number of para-hydroxylation sites is 2. The van der Waals surface area contributed by atoms with Crippen LogP contribution in [-0.2, 0) is 5.41 Å². The molecule has 0 amide bonds. The van der Waals surface area contributed by atoms with E-state index in [0.29, 0.717) is 11.5 Å². The van der Waals surface area contributed by atoms with Crippen LogP contribution in [0.25, 0.3) is 22.3 Å². The molecule has 1 heterocycles. The molecule has 2 aliphatic rings. The van der Waals surface area contributed by atoms with E-state index < -0.39 is 0 Å². The second-order valence-corrected chi connectivity index (χ2v) is 11.4. The molecule has 42 heavy (non-hydrogen) atoms. The maximum absolute atomic E-state index is 6.31. The van der Waals surface area contributed by atoms with E-state index in [1.807, 2.05) is 36.4 Å². The van der Waals surface area contributed by atoms with Gasteiger partial charge in [-0.1, -0.05) is 98.8 Å². The number of hydrogen-bond acceptors (Lipinski definition) is 3. The van der Waals surface area contributed by atoms with Gasteiger partial charge in [0.05, 0.1) is 5.69 Å². The SMILES string of the molecule is CC1(C)c2ccccc2-c2ccc(N(c3ccc(-c4ccccc4)cc3)c3ccc4c(c3)Oc3ccccc3O4)cc21. The Hall–Kier alpha value is -5.28. The Morgan fingerprint density at radius 3 is 1.76 bits per heavy atom. The van der Waals surface area contributed by atoms with E-state index in [4.69, 9.17) is 9.47 Å². The lowest BCUT2D eigenvalue weighted by atomic mass is 9.82. The molecule has 0 unspecified atom stereocenters. The van der Waals surface area contributed by atoms with Crippen LogP contribution in [0.15, 0.2) is 140 Å². The summed E-state index contributed by atoms with van der Waals surface area (Å²) in [5, 5.41) is 0. The summed E-state index contributed by atoms with van der Waals surface area (Å²) in [6, 6.07) is 48.9. The molecule has 0 bridgehead atoms. The van der Waals surface area contributed by atoms with Crippen LogP contribution < -0.4 is 14.4 Å². The van der Waals surface area contributed by atoms with Gasteiger partial charge in [-0.2, -0.15) is 0 Å². The molecular formula is C39H29NO2. The zero-order valence-electron chi connectivity index (χ0n) is 23.5. The monoisotopic (exact) mass is 543 g/mol. The summed E-state index contributed by atoms with van der Waals surface area (Å²) in [6.07, 6.45) is 0. The summed E-state index contributed by atoms with van der Waals surface area (Å²) in [7, 11) is 0. The summed E-state index contributed by atoms with van der Waals surface area (Å²) < 4.78 is 12.5. The number of fused-ring (bicyclic) bond motifs is 5. The fourth-order valence-electron chi connectivity index (χ4n) is 6.37. The number of anilines is 3. The van der Waals surface area contributed by atoms with Crippen molar-refractivity contribution >= 4 is 17.1 Å². The van der Waals surface area contributed by atoms with Crippen LogP contribution in [0.4, 0.5) is 17.1 Å². The van der Waals surface area contributed by atoms with Gasteiger partial charge in [0.1, 0.15) is 0 Å². The minimum absolute atomic E-state index is 0.0959. The Kier molecular flexibility index (Phi) is 5.48. The van der Waals surface area contributed by atoms with Crippen molar-refractivity contribution in [3.8, 4) is 45.3 Å². The van der Waals surface area contributed by atoms with Gasteiger partial charge in [0.2, 0.25) is 0 Å². The summed E-state index contributed by atoms with van der Waals surface area (Å²) in [5.41, 5.74) is 10.8. The van der Waals surface area contributed by atoms with Gasteiger partial charge in [0.25, 0.3) is 0 Å². The molecule has 0 N–H and O–H groups in total. The molecule has 0 aromatic heterocycles. The van der Waals surface area contributed by atoms with Crippen molar-refractivity contribution in [2.75, 3.05) is 4.90 Å². The minimum Gasteiger partial charge on any atom is -0.450 e. The Morgan fingerprint density at radius 2 is 0.976 bits per heavy atom. The lowest BCUT2D eigenvalue weighted by molar-refractivity contribution is 0.360. The van der Waals surface area contributed by atoms with Crippen LogP contribution in [0.2, 0.25) is 0 Å². The van der Waals surface area contributed by atoms with Crippen LogP contribution in [0, 0.1) is 0 Å². The number of nitrogens with zero attached hydrogens (tertiary/aromatic N) is 1. The van der Waals surface area contributed by atoms with Crippen molar-refractivity contribution in [3.63, 3.8) is 0 Å². The summed E-state index contributed by atoms with van der Waals surface area (Å²) in [5.74, 6) is 2.86. The van der Waals surface area contributed by atoms with E-state index in [2.05, 4.69) is 122 Å². The van der Waals surface area contributed by atoms with Gasteiger partial charge in [-0.3, -0.25) is 0 Å². The van der Waals surface area contributed by atoms with Crippen LogP contribution in [-0.4, -0.2) is 0 Å². The third-order valence-electron chi connectivity index (χ3n) is 8.53. The topological polar surface area (TPSA) is 21.7 Å². The minimum atomic E-state index is -0.0959. The van der Waals surface area contributed by atoms with Crippen molar-refractivity contribution in [3.05, 3.63) is 151 Å². The maximum Gasteiger partial charge on any atom is 0.172 e. The number of hydrogen-bond donors (Lipinski definition) is 0. The van der Waals surface area contributed by atoms with E-state index >= 15 is 0 Å². The molecule has 6 aromatic rings. The first-order valence-electron chi connectivity index (χ1n) is 14.4. The van der Waals surface area contributed by atoms with Crippen LogP contribution >= 0.6 is 0 Å². The Bertz CT molecular complexity index is 1960. The average molecular weight is 544 g/mol. The Labute approximate surface area is 246 Å². The first-order valence-corrected chi connectivity index (χ1v) is 14.4. The molecule has 1 aliphatic carbocycles. The molecule has 3 heteroatoms. The molecule has 0 saturated carbocycles. The lowest BCUT2D eigenvalue weighted by Crippen LogP contribution is -2.16. The van der Waals surface area contributed by atoms with Crippen LogP contribution in [0.5, 0.6) is 23.0 Å². The highest BCUT2D eigenvalue weighted by Gasteiger charge is 2.35. The van der Waals surface area contributed by atoms with Gasteiger partial charge in [-0.25, -0.2) is 0 Å². The summed E-state index contributed by atoms with van der Waals surface area (Å²) in [6.45, 7) is 4.64. The van der Waals surface area contributed by atoms with E-state index in [9.17, 15) is 0 Å². The molecule has 0 atom stereocenters. The van der Waals surface area contributed by atoms with Crippen LogP contribution in [0.3, 0.4) is 0 Å². The first kappa shape index (κ1) is 24.5. The van der Waals surface area contributed by atoms with Gasteiger partial charge in [-0.15, -0.1) is 0 Å². The highest BCUT2D eigenvalue weighted by Crippen LogP contribution is 2.52. The Morgan fingerprint density at radius 1 is 0.429 bits per heavy atom. The highest BCUT2D eigenvalue weighted by atomic mass is 16.6. The zero-order valence-corrected chi connectivity index (χ0v) is 23.5. The summed E-state index contributed by atoms with van der Waals surface area (Å²) in [4.78, 5) is 2.30. The van der Waals surface area contributed by atoms with Gasteiger partial charge < -0.3 is 14.4 Å². The summed E-state index contributed by atoms with van der Waals surface area (Å²) >= 11 is 0. The maximum atomic E-state index is 6.31. The molecule has 6 aromatic carbocycles. The third-order valence-corrected chi connectivity index (χ3v) is 8.53. The molecule has 3 nitrogen and oxygen atoms in total. The highest BCUT2D eigenvalue weighted by molar-refractivity contribution is 5.86. The standard InChI is InChI=1S/C39H29NO2/c1-39(2)33-13-7-6-12-31(33)32-22-20-29(24-34(32)39)40(28-18-16-27(17-19-28)26-10-4-3-5-11-26)30-21-23-37-38(25-30)42-36-15-9-8-14-35(36)41-37/h3-25H,1-2H3. The Balaban J connectivity index is 1.26. The second-order valence-electron chi connectivity index (χ2n) is 11.4. The van der Waals surface area contributed by atoms with Crippen molar-refractivity contribution in [1.82, 2.24) is 0 Å². The van der Waals surface area contributed by atoms with Gasteiger partial charge >= 0.3 is 0 Å². The average Bonchev–Trinajstić information content (AvgIpc) is 3.27. The van der Waals surface area contributed by atoms with Gasteiger partial charge in [0.15, 0.2) is 23.0 Å². The quantitative estimate of drug-likeness (QED) is 0.220. The molecule has 202 valence electrons. The number of ether oxygens (including phenoxy) is 2. The molecule has 8 rings (SSSR count). The van der Waals surface area contributed by atoms with Crippen molar-refractivity contribution in [2.24, 2.45) is 0 Å². The molecule has 1 aliphatic heterocycles. The fourth-order valence-corrected chi connectivity index (χ4v) is 6.37. The van der Waals surface area contributed by atoms with Crippen molar-refractivity contribution in [2.45, 2.75) is 19.3 Å². The third kappa shape index (κ3) is 3.89. The number of benzene rings is 6. The molecule has 0 saturated heterocycles. The molecular weight excluding hydrogens is 514 g/mol. The fraction of sp³-hybridized carbons (Fsp3) is 0.0769. The molecule has 0 fully saturated rings. The van der Waals surface area contributed by atoms with E-state index in [0.717, 1.165) is 28.6 Å². The molecule has 0 spiro atoms. The number of rotatable bonds is 4. The second kappa shape index (κ2) is 9.39. The molecule has 0 radical (unpaired) electrons. The van der Waals surface area contributed by atoms with Gasteiger partial charge in [0, 0.05) is 22.9 Å². The van der Waals surface area contributed by atoms with Gasteiger partial charge in [-0.05, 0) is 81.9 Å². The smallest absolute Gasteiger partial charge is 0.172 e. The largest absolute Gasteiger partial charge is 0.450 e. The first-order chi connectivity index (χ1) is 20.6. The van der Waals surface area contributed by atoms with E-state index in [1.54, 1.807) is 0 Å². The normalized spacial score (nSPS) is 13.6. The van der Waals surface area contributed by atoms with Crippen molar-refractivity contribution in [1.29, 1.82) is 0 Å². The predicted octanol–water partition coefficient (Wildman–Crippen LogP) is 11.0. The van der Waals surface area contributed by atoms with E-state index in [1.165, 1.54) is 33.4 Å². The lowest BCUT2D eigenvalue weighted by Gasteiger charge is -2.29. The van der Waals surface area contributed by atoms with E-state index in [-0.39, 0.29) is 5.41 Å². The predicted molar refractivity (Wildman–Crippen MR) is 171 cm³/mol. The zero-order chi connectivity index (χ0) is 28.3. The van der Waals surface area contributed by atoms with Crippen molar-refractivity contribution < 1.29 is 9.47 Å². The van der Waals surface area contributed by atoms with Crippen LogP contribution in [0.1, 0.15) is 25.0 Å².